The van der Waals surface area contributed by atoms with Crippen molar-refractivity contribution in [3.8, 4) is 0 Å². The molecule has 1 heterocycles. The van der Waals surface area contributed by atoms with E-state index in [2.05, 4.69) is 10.6 Å². The van der Waals surface area contributed by atoms with Crippen molar-refractivity contribution in [2.75, 3.05) is 47.7 Å². The Kier molecular flexibility index (Phi) is 20.0. The van der Waals surface area contributed by atoms with Crippen molar-refractivity contribution >= 4 is 42.5 Å². The van der Waals surface area contributed by atoms with Crippen molar-refractivity contribution in [1.29, 1.82) is 0 Å². The van der Waals surface area contributed by atoms with Crippen molar-refractivity contribution in [2.24, 2.45) is 5.92 Å². The number of unbranched alkanes of at least 4 members (excludes halogenated alkanes) is 1. The maximum absolute atomic E-state index is 12.6. The molecule has 0 radical (unpaired) electrons. The minimum atomic E-state index is -3.48. The van der Waals surface area contributed by atoms with Gasteiger partial charge in [0.25, 0.3) is 0 Å². The zero-order chi connectivity index (χ0) is 34.9. The van der Waals surface area contributed by atoms with E-state index in [4.69, 9.17) is 54.0 Å². The smallest absolute Gasteiger partial charge is 0.324 e. The Labute approximate surface area is 276 Å². The number of methoxy groups -OCH3 is 2. The van der Waals surface area contributed by atoms with Crippen molar-refractivity contribution in [3.05, 3.63) is 0 Å². The van der Waals surface area contributed by atoms with Crippen molar-refractivity contribution in [2.45, 2.75) is 103 Å². The Balaban J connectivity index is 0.00000518. The summed E-state index contributed by atoms with van der Waals surface area (Å²) >= 11 is 5.00. The van der Waals surface area contributed by atoms with Gasteiger partial charge in [-0.1, -0.05) is 13.8 Å². The summed E-state index contributed by atoms with van der Waals surface area (Å²) in [6.45, 7) is 4.87. The zero-order valence-electron chi connectivity index (χ0n) is 27.9. The molecule has 0 aromatic carbocycles. The standard InChI is InChI=1S/C26H45N2O14PS.C2H6/c1-15(29)38-14-21-25(40-17(3)31)20(39-16(2)30)12-22(41-21)37-10-8-7-9-27-26(32)28-19-11-18(13-34-4)23(24(19)35-5)42-43(33,44)36-6;1-2/h18-25H,7-14H2,1-6H3,(H,33,44)(H2,27,28,32);1-2H3. The number of ether oxygens (including phenoxy) is 7. The van der Waals surface area contributed by atoms with E-state index in [9.17, 15) is 24.1 Å². The number of urea groups is 1. The second-order valence-electron chi connectivity index (χ2n) is 10.3. The Morgan fingerprint density at radius 2 is 1.59 bits per heavy atom. The molecule has 9 atom stereocenters. The number of nitrogens with one attached hydrogen (secondary N) is 2. The molecule has 18 heteroatoms. The third-order valence-corrected chi connectivity index (χ3v) is 8.59. The molecule has 0 spiro atoms. The molecule has 1 aliphatic carbocycles. The van der Waals surface area contributed by atoms with Crippen molar-refractivity contribution < 1.29 is 66.3 Å². The van der Waals surface area contributed by atoms with E-state index in [1.165, 1.54) is 35.0 Å². The predicted molar refractivity (Wildman–Crippen MR) is 167 cm³/mol. The first-order valence-corrected chi connectivity index (χ1v) is 17.8. The summed E-state index contributed by atoms with van der Waals surface area (Å²) in [6, 6.07) is -0.834. The van der Waals surface area contributed by atoms with Gasteiger partial charge in [-0.3, -0.25) is 14.4 Å². The van der Waals surface area contributed by atoms with Crippen LogP contribution in [0.5, 0.6) is 0 Å². The highest BCUT2D eigenvalue weighted by Gasteiger charge is 2.47. The van der Waals surface area contributed by atoms with Gasteiger partial charge in [-0.2, -0.15) is 0 Å². The zero-order valence-corrected chi connectivity index (χ0v) is 29.6. The average Bonchev–Trinajstić information content (AvgIpc) is 3.29. The molecule has 0 bridgehead atoms. The van der Waals surface area contributed by atoms with Crippen LogP contribution in [0.15, 0.2) is 0 Å². The topological polar surface area (TPSA) is 196 Å². The van der Waals surface area contributed by atoms with Crippen LogP contribution < -0.4 is 10.6 Å². The van der Waals surface area contributed by atoms with E-state index in [0.29, 0.717) is 32.4 Å². The Hall–Kier alpha value is -1.95. The maximum atomic E-state index is 12.6. The molecule has 2 aliphatic rings. The molecule has 0 aromatic rings. The fourth-order valence-corrected chi connectivity index (χ4v) is 6.10. The Bertz CT molecular complexity index is 1010. The van der Waals surface area contributed by atoms with Crippen molar-refractivity contribution in [3.63, 3.8) is 0 Å². The number of hydrogen-bond acceptors (Lipinski definition) is 14. The van der Waals surface area contributed by atoms with E-state index < -0.39 is 73.5 Å². The molecule has 268 valence electrons. The van der Waals surface area contributed by atoms with Gasteiger partial charge in [0, 0.05) is 67.6 Å². The summed E-state index contributed by atoms with van der Waals surface area (Å²) in [4.78, 5) is 57.5. The van der Waals surface area contributed by atoms with Crippen LogP contribution in [0.2, 0.25) is 0 Å². The van der Waals surface area contributed by atoms with Gasteiger partial charge in [0.15, 0.2) is 12.4 Å². The quantitative estimate of drug-likeness (QED) is 0.0861. The highest BCUT2D eigenvalue weighted by molar-refractivity contribution is 8.07. The van der Waals surface area contributed by atoms with Crippen LogP contribution in [0, 0.1) is 5.92 Å². The molecular weight excluding hydrogens is 651 g/mol. The van der Waals surface area contributed by atoms with E-state index >= 15 is 0 Å². The van der Waals surface area contributed by atoms with Crippen molar-refractivity contribution in [1.82, 2.24) is 10.6 Å². The van der Waals surface area contributed by atoms with Gasteiger partial charge in [-0.25, -0.2) is 4.79 Å². The number of carbonyl (C=O) groups excluding carboxylic acids is 4. The van der Waals surface area contributed by atoms with E-state index in [0.717, 1.165) is 0 Å². The fraction of sp³-hybridized carbons (Fsp3) is 0.857. The summed E-state index contributed by atoms with van der Waals surface area (Å²) in [7, 11) is 4.29. The monoisotopic (exact) mass is 702 g/mol. The minimum Gasteiger partial charge on any atom is -0.463 e. The Morgan fingerprint density at radius 3 is 2.15 bits per heavy atom. The molecule has 1 aliphatic heterocycles. The van der Waals surface area contributed by atoms with E-state index in [-0.39, 0.29) is 25.6 Å². The number of amides is 2. The molecule has 9 unspecified atom stereocenters. The van der Waals surface area contributed by atoms with Gasteiger partial charge in [-0.15, -0.1) is 0 Å². The molecule has 16 nitrogen and oxygen atoms in total. The van der Waals surface area contributed by atoms with Gasteiger partial charge in [-0.05, 0) is 31.1 Å². The van der Waals surface area contributed by atoms with Gasteiger partial charge in [0.2, 0.25) is 0 Å². The maximum Gasteiger partial charge on any atom is 0.324 e. The molecule has 1 saturated heterocycles. The lowest BCUT2D eigenvalue weighted by molar-refractivity contribution is -0.266. The second kappa shape index (κ2) is 21.8. The van der Waals surface area contributed by atoms with Gasteiger partial charge in [0.05, 0.1) is 12.6 Å². The summed E-state index contributed by atoms with van der Waals surface area (Å²) in [5, 5.41) is 5.68. The van der Waals surface area contributed by atoms with Crippen LogP contribution in [-0.2, 0) is 68.4 Å². The lowest BCUT2D eigenvalue weighted by Crippen LogP contribution is -2.54. The SMILES string of the molecule is CC.COCC1CC(NC(=O)NCCCCOC2CC(OC(C)=O)C(OC(C)=O)C(COC(C)=O)O2)C(OC)C1OP(O)(=S)OC. The highest BCUT2D eigenvalue weighted by Crippen LogP contribution is 2.48. The molecule has 2 rings (SSSR count). The third-order valence-electron chi connectivity index (χ3n) is 6.91. The normalized spacial score (nSPS) is 28.5. The van der Waals surface area contributed by atoms with Crippen LogP contribution in [0.3, 0.4) is 0 Å². The number of rotatable bonds is 17. The first-order valence-electron chi connectivity index (χ1n) is 15.2. The molecule has 3 N–H and O–H groups in total. The highest BCUT2D eigenvalue weighted by atomic mass is 32.5. The van der Waals surface area contributed by atoms with Crippen LogP contribution in [0.1, 0.15) is 60.3 Å². The summed E-state index contributed by atoms with van der Waals surface area (Å²) in [5.41, 5.74) is 0. The van der Waals surface area contributed by atoms with Gasteiger partial charge >= 0.3 is 30.7 Å². The largest absolute Gasteiger partial charge is 0.463 e. The summed E-state index contributed by atoms with van der Waals surface area (Å²) in [5.74, 6) is -1.93. The minimum absolute atomic E-state index is 0.0980. The number of hydrogen-bond donors (Lipinski definition) is 3. The van der Waals surface area contributed by atoms with E-state index in [1.807, 2.05) is 13.8 Å². The van der Waals surface area contributed by atoms with Gasteiger partial charge in [0.1, 0.15) is 31.0 Å². The van der Waals surface area contributed by atoms with Crippen LogP contribution in [0.25, 0.3) is 0 Å². The second-order valence-corrected chi connectivity index (χ2v) is 13.2. The van der Waals surface area contributed by atoms with Crippen LogP contribution >= 0.6 is 6.72 Å². The molecule has 2 fully saturated rings. The first kappa shape index (κ1) is 42.1. The summed E-state index contributed by atoms with van der Waals surface area (Å²) in [6.07, 6.45) is -3.11. The van der Waals surface area contributed by atoms with Crippen LogP contribution in [0.4, 0.5) is 4.79 Å². The molecule has 46 heavy (non-hydrogen) atoms. The average molecular weight is 703 g/mol. The predicted octanol–water partition coefficient (Wildman–Crippen LogP) is 1.95. The number of carbonyl (C=O) groups is 4. The number of esters is 3. The van der Waals surface area contributed by atoms with E-state index in [1.54, 1.807) is 7.11 Å². The summed E-state index contributed by atoms with van der Waals surface area (Å²) < 4.78 is 48.9. The fourth-order valence-electron chi connectivity index (χ4n) is 5.12. The van der Waals surface area contributed by atoms with Crippen LogP contribution in [-0.4, -0.2) is 119 Å². The molecular formula is C28H51N2O14PS. The lowest BCUT2D eigenvalue weighted by atomic mass is 10.0. The molecule has 1 saturated carbocycles. The molecule has 2 amide bonds. The first-order chi connectivity index (χ1) is 21.8. The van der Waals surface area contributed by atoms with Gasteiger partial charge < -0.3 is 57.7 Å². The third kappa shape index (κ3) is 14.9. The lowest BCUT2D eigenvalue weighted by Gasteiger charge is -2.39. The Morgan fingerprint density at radius 1 is 0.913 bits per heavy atom. The molecule has 0 aromatic heterocycles.